The van der Waals surface area contributed by atoms with Crippen LogP contribution in [0.3, 0.4) is 0 Å². The third kappa shape index (κ3) is 3.88. The summed E-state index contributed by atoms with van der Waals surface area (Å²) in [7, 11) is 1.34. The molecule has 0 radical (unpaired) electrons. The van der Waals surface area contributed by atoms with Crippen LogP contribution in [-0.4, -0.2) is 27.6 Å². The lowest BCUT2D eigenvalue weighted by molar-refractivity contribution is 0.0600. The fourth-order valence-electron chi connectivity index (χ4n) is 1.85. The van der Waals surface area contributed by atoms with Crippen LogP contribution in [0.1, 0.15) is 36.7 Å². The molecule has 0 saturated carbocycles. The van der Waals surface area contributed by atoms with Crippen molar-refractivity contribution in [2.24, 2.45) is 5.92 Å². The van der Waals surface area contributed by atoms with Gasteiger partial charge >= 0.3 is 5.97 Å². The lowest BCUT2D eigenvalue weighted by Crippen LogP contribution is -2.30. The van der Waals surface area contributed by atoms with E-state index in [4.69, 9.17) is 0 Å². The molecular formula is C14H19O4S-. The van der Waals surface area contributed by atoms with Gasteiger partial charge in [0.05, 0.1) is 12.7 Å². The van der Waals surface area contributed by atoms with E-state index in [0.29, 0.717) is 5.56 Å². The number of ether oxygens (including phenoxy) is 1. The molecule has 2 unspecified atom stereocenters. The van der Waals surface area contributed by atoms with Gasteiger partial charge in [0.15, 0.2) is 0 Å². The molecule has 0 aromatic heterocycles. The minimum Gasteiger partial charge on any atom is -0.772 e. The van der Waals surface area contributed by atoms with Crippen molar-refractivity contribution in [3.63, 3.8) is 0 Å². The van der Waals surface area contributed by atoms with Crippen molar-refractivity contribution in [3.8, 4) is 0 Å². The highest BCUT2D eigenvalue weighted by molar-refractivity contribution is 7.79. The first kappa shape index (κ1) is 15.9. The van der Waals surface area contributed by atoms with Crippen LogP contribution in [0.25, 0.3) is 0 Å². The van der Waals surface area contributed by atoms with Crippen LogP contribution in [0.15, 0.2) is 24.3 Å². The SMILES string of the molecule is COC(=O)c1ccc(C(C)(C)C(C)CS(=O)[O-])cc1. The third-order valence-electron chi connectivity index (χ3n) is 3.67. The van der Waals surface area contributed by atoms with E-state index in [0.717, 1.165) is 5.56 Å². The zero-order valence-electron chi connectivity index (χ0n) is 11.6. The van der Waals surface area contributed by atoms with Gasteiger partial charge in [-0.1, -0.05) is 44.0 Å². The van der Waals surface area contributed by atoms with E-state index in [-0.39, 0.29) is 23.1 Å². The Morgan fingerprint density at radius 1 is 1.37 bits per heavy atom. The molecule has 106 valence electrons. The molecule has 2 atom stereocenters. The molecule has 1 rings (SSSR count). The molecule has 1 aromatic rings. The van der Waals surface area contributed by atoms with Crippen molar-refractivity contribution in [1.82, 2.24) is 0 Å². The molecule has 0 N–H and O–H groups in total. The number of methoxy groups -OCH3 is 1. The Bertz CT molecular complexity index is 465. The smallest absolute Gasteiger partial charge is 0.337 e. The Morgan fingerprint density at radius 2 is 1.89 bits per heavy atom. The van der Waals surface area contributed by atoms with Crippen LogP contribution < -0.4 is 0 Å². The van der Waals surface area contributed by atoms with Crippen LogP contribution in [0, 0.1) is 5.92 Å². The van der Waals surface area contributed by atoms with Gasteiger partial charge in [-0.15, -0.1) is 0 Å². The molecule has 0 spiro atoms. The van der Waals surface area contributed by atoms with Crippen molar-refractivity contribution >= 4 is 17.0 Å². The summed E-state index contributed by atoms with van der Waals surface area (Å²) in [5, 5.41) is 0. The maximum Gasteiger partial charge on any atom is 0.337 e. The van der Waals surface area contributed by atoms with Crippen molar-refractivity contribution in [3.05, 3.63) is 35.4 Å². The lowest BCUT2D eigenvalue weighted by Gasteiger charge is -2.33. The normalized spacial score (nSPS) is 14.8. The van der Waals surface area contributed by atoms with Crippen LogP contribution in [0.5, 0.6) is 0 Å². The zero-order chi connectivity index (χ0) is 14.6. The van der Waals surface area contributed by atoms with E-state index in [2.05, 4.69) is 4.74 Å². The number of carbonyl (C=O) groups is 1. The Labute approximate surface area is 116 Å². The molecule has 0 aliphatic carbocycles. The van der Waals surface area contributed by atoms with Gasteiger partial charge in [-0.2, -0.15) is 0 Å². The Kier molecular flexibility index (Phi) is 5.26. The highest BCUT2D eigenvalue weighted by Gasteiger charge is 2.28. The highest BCUT2D eigenvalue weighted by Crippen LogP contribution is 2.32. The van der Waals surface area contributed by atoms with Gasteiger partial charge in [0.1, 0.15) is 0 Å². The fourth-order valence-corrected chi connectivity index (χ4v) is 2.68. The predicted octanol–water partition coefficient (Wildman–Crippen LogP) is 2.27. The summed E-state index contributed by atoms with van der Waals surface area (Å²) >= 11 is -2.05. The minimum atomic E-state index is -2.05. The van der Waals surface area contributed by atoms with Crippen LogP contribution >= 0.6 is 0 Å². The summed E-state index contributed by atoms with van der Waals surface area (Å²) in [5.41, 5.74) is 1.20. The Balaban J connectivity index is 2.95. The van der Waals surface area contributed by atoms with E-state index in [1.54, 1.807) is 12.1 Å². The van der Waals surface area contributed by atoms with Gasteiger partial charge < -0.3 is 9.29 Å². The number of benzene rings is 1. The average molecular weight is 283 g/mol. The van der Waals surface area contributed by atoms with Crippen molar-refractivity contribution in [2.75, 3.05) is 12.9 Å². The van der Waals surface area contributed by atoms with E-state index in [1.165, 1.54) is 7.11 Å². The maximum absolute atomic E-state index is 11.4. The first-order chi connectivity index (χ1) is 8.78. The molecular weight excluding hydrogens is 264 g/mol. The molecule has 0 amide bonds. The molecule has 0 heterocycles. The highest BCUT2D eigenvalue weighted by atomic mass is 32.2. The second kappa shape index (κ2) is 6.30. The number of hydrogen-bond donors (Lipinski definition) is 0. The molecule has 19 heavy (non-hydrogen) atoms. The molecule has 0 saturated heterocycles. The monoisotopic (exact) mass is 283 g/mol. The van der Waals surface area contributed by atoms with Crippen molar-refractivity contribution in [2.45, 2.75) is 26.2 Å². The molecule has 0 aliphatic heterocycles. The quantitative estimate of drug-likeness (QED) is 0.614. The zero-order valence-corrected chi connectivity index (χ0v) is 12.5. The second-order valence-corrected chi connectivity index (χ2v) is 6.10. The third-order valence-corrected chi connectivity index (χ3v) is 4.44. The van der Waals surface area contributed by atoms with Gasteiger partial charge in [0, 0.05) is 5.75 Å². The first-order valence-electron chi connectivity index (χ1n) is 6.03. The van der Waals surface area contributed by atoms with Gasteiger partial charge in [-0.25, -0.2) is 4.79 Å². The molecule has 0 bridgehead atoms. The van der Waals surface area contributed by atoms with Crippen LogP contribution in [0.4, 0.5) is 0 Å². The van der Waals surface area contributed by atoms with E-state index in [1.807, 2.05) is 32.9 Å². The minimum absolute atomic E-state index is 0.0187. The molecule has 0 fully saturated rings. The Hall–Kier alpha value is -1.20. The van der Waals surface area contributed by atoms with Gasteiger partial charge in [-0.3, -0.25) is 4.21 Å². The van der Waals surface area contributed by atoms with Gasteiger partial charge in [0.2, 0.25) is 0 Å². The van der Waals surface area contributed by atoms with Gasteiger partial charge in [0.25, 0.3) is 0 Å². The molecule has 4 nitrogen and oxygen atoms in total. The first-order valence-corrected chi connectivity index (χ1v) is 7.28. The maximum atomic E-state index is 11.4. The Morgan fingerprint density at radius 3 is 2.32 bits per heavy atom. The lowest BCUT2D eigenvalue weighted by atomic mass is 9.75. The van der Waals surface area contributed by atoms with E-state index in [9.17, 15) is 13.6 Å². The summed E-state index contributed by atoms with van der Waals surface area (Å²) in [6.07, 6.45) is 0. The van der Waals surface area contributed by atoms with E-state index < -0.39 is 11.1 Å². The largest absolute Gasteiger partial charge is 0.772 e. The van der Waals surface area contributed by atoms with Crippen LogP contribution in [-0.2, 0) is 21.2 Å². The fraction of sp³-hybridized carbons (Fsp3) is 0.500. The topological polar surface area (TPSA) is 66.4 Å². The summed E-state index contributed by atoms with van der Waals surface area (Å²) in [4.78, 5) is 11.4. The molecule has 1 aromatic carbocycles. The number of carbonyl (C=O) groups excluding carboxylic acids is 1. The van der Waals surface area contributed by atoms with Crippen molar-refractivity contribution in [1.29, 1.82) is 0 Å². The van der Waals surface area contributed by atoms with Gasteiger partial charge in [-0.05, 0) is 29.0 Å². The second-order valence-electron chi connectivity index (χ2n) is 5.16. The van der Waals surface area contributed by atoms with E-state index >= 15 is 0 Å². The standard InChI is InChI=1S/C14H20O4S/c1-10(9-19(16)17)14(2,3)12-7-5-11(6-8-12)13(15)18-4/h5-8,10H,9H2,1-4H3,(H,16,17)/p-1. The summed E-state index contributed by atoms with van der Waals surface area (Å²) in [6.45, 7) is 5.90. The predicted molar refractivity (Wildman–Crippen MR) is 73.8 cm³/mol. The van der Waals surface area contributed by atoms with Crippen LogP contribution in [0.2, 0.25) is 0 Å². The number of hydrogen-bond acceptors (Lipinski definition) is 4. The summed E-state index contributed by atoms with van der Waals surface area (Å²) < 4.78 is 26.3. The number of esters is 1. The number of rotatable bonds is 5. The molecule has 0 aliphatic rings. The molecule has 5 heteroatoms. The van der Waals surface area contributed by atoms with Crippen molar-refractivity contribution < 1.29 is 18.3 Å². The summed E-state index contributed by atoms with van der Waals surface area (Å²) in [6, 6.07) is 7.08. The average Bonchev–Trinajstić information content (AvgIpc) is 2.37. The summed E-state index contributed by atoms with van der Waals surface area (Å²) in [5.74, 6) is -0.279.